The van der Waals surface area contributed by atoms with Gasteiger partial charge in [0.1, 0.15) is 5.03 Å². The first-order valence-electron chi connectivity index (χ1n) is 7.08. The Kier molecular flexibility index (Phi) is 3.56. The topological polar surface area (TPSA) is 40.6 Å². The SMILES string of the molecule is CN1CCCN(C2=Cc3ccccc3S2(=O)=O)CCC1. The summed E-state index contributed by atoms with van der Waals surface area (Å²) in [6.45, 7) is 3.67. The number of fused-ring (bicyclic) bond motifs is 1. The molecule has 0 atom stereocenters. The van der Waals surface area contributed by atoms with Gasteiger partial charge in [0.25, 0.3) is 0 Å². The summed E-state index contributed by atoms with van der Waals surface area (Å²) >= 11 is 0. The Hall–Kier alpha value is -1.33. The molecule has 20 heavy (non-hydrogen) atoms. The number of hydrogen-bond acceptors (Lipinski definition) is 4. The summed E-state index contributed by atoms with van der Waals surface area (Å²) in [5, 5.41) is 0.489. The van der Waals surface area contributed by atoms with Crippen LogP contribution in [0.15, 0.2) is 34.2 Å². The summed E-state index contributed by atoms with van der Waals surface area (Å²) in [5.41, 5.74) is 0.821. The van der Waals surface area contributed by atoms with Crippen molar-refractivity contribution in [3.63, 3.8) is 0 Å². The van der Waals surface area contributed by atoms with E-state index < -0.39 is 9.84 Å². The molecule has 0 N–H and O–H groups in total. The highest BCUT2D eigenvalue weighted by Gasteiger charge is 2.33. The third-order valence-electron chi connectivity index (χ3n) is 4.01. The van der Waals surface area contributed by atoms with E-state index in [1.54, 1.807) is 12.1 Å². The molecular formula is C15H20N2O2S. The van der Waals surface area contributed by atoms with Crippen molar-refractivity contribution in [1.82, 2.24) is 9.80 Å². The number of benzene rings is 1. The summed E-state index contributed by atoms with van der Waals surface area (Å²) < 4.78 is 25.3. The normalized spacial score (nSPS) is 22.9. The lowest BCUT2D eigenvalue weighted by atomic mass is 10.2. The molecule has 0 spiro atoms. The maximum atomic E-state index is 12.6. The van der Waals surface area contributed by atoms with Gasteiger partial charge in [-0.2, -0.15) is 0 Å². The Balaban J connectivity index is 1.88. The van der Waals surface area contributed by atoms with Crippen LogP contribution in [-0.2, 0) is 9.84 Å². The van der Waals surface area contributed by atoms with Crippen molar-refractivity contribution >= 4 is 15.9 Å². The third kappa shape index (κ3) is 2.36. The maximum Gasteiger partial charge on any atom is 0.222 e. The monoisotopic (exact) mass is 292 g/mol. The molecule has 1 fully saturated rings. The highest BCUT2D eigenvalue weighted by Crippen LogP contribution is 2.34. The van der Waals surface area contributed by atoms with Crippen LogP contribution in [0.2, 0.25) is 0 Å². The van der Waals surface area contributed by atoms with E-state index in [2.05, 4.69) is 11.9 Å². The summed E-state index contributed by atoms with van der Waals surface area (Å²) in [7, 11) is -1.19. The van der Waals surface area contributed by atoms with Crippen molar-refractivity contribution in [3.05, 3.63) is 34.9 Å². The van der Waals surface area contributed by atoms with Crippen molar-refractivity contribution in [3.8, 4) is 0 Å². The molecule has 5 heteroatoms. The lowest BCUT2D eigenvalue weighted by Gasteiger charge is -2.30. The van der Waals surface area contributed by atoms with Gasteiger partial charge in [0.15, 0.2) is 0 Å². The largest absolute Gasteiger partial charge is 0.362 e. The maximum absolute atomic E-state index is 12.6. The molecule has 1 aromatic rings. The molecule has 3 rings (SSSR count). The van der Waals surface area contributed by atoms with Crippen LogP contribution in [0.1, 0.15) is 18.4 Å². The molecule has 1 aromatic carbocycles. The highest BCUT2D eigenvalue weighted by atomic mass is 32.2. The second-order valence-electron chi connectivity index (χ2n) is 5.52. The molecule has 0 aromatic heterocycles. The molecular weight excluding hydrogens is 272 g/mol. The second kappa shape index (κ2) is 5.22. The summed E-state index contributed by atoms with van der Waals surface area (Å²) in [5.74, 6) is 0. The van der Waals surface area contributed by atoms with E-state index in [0.29, 0.717) is 9.92 Å². The zero-order valence-corrected chi connectivity index (χ0v) is 12.6. The Bertz CT molecular complexity index is 627. The Morgan fingerprint density at radius 1 is 1.00 bits per heavy atom. The van der Waals surface area contributed by atoms with Gasteiger partial charge in [-0.05, 0) is 50.7 Å². The first-order chi connectivity index (χ1) is 9.59. The Morgan fingerprint density at radius 3 is 2.30 bits per heavy atom. The number of hydrogen-bond donors (Lipinski definition) is 0. The molecule has 1 saturated heterocycles. The van der Waals surface area contributed by atoms with Crippen molar-refractivity contribution in [2.75, 3.05) is 33.2 Å². The molecule has 0 saturated carbocycles. The van der Waals surface area contributed by atoms with Crippen LogP contribution in [0, 0.1) is 0 Å². The van der Waals surface area contributed by atoms with Gasteiger partial charge in [-0.15, -0.1) is 0 Å². The minimum absolute atomic E-state index is 0.453. The van der Waals surface area contributed by atoms with Crippen molar-refractivity contribution in [1.29, 1.82) is 0 Å². The van der Waals surface area contributed by atoms with Gasteiger partial charge in [-0.1, -0.05) is 18.2 Å². The average Bonchev–Trinajstić information content (AvgIpc) is 2.66. The predicted octanol–water partition coefficient (Wildman–Crippen LogP) is 1.80. The van der Waals surface area contributed by atoms with Crippen LogP contribution in [0.4, 0.5) is 0 Å². The van der Waals surface area contributed by atoms with Gasteiger partial charge < -0.3 is 9.80 Å². The van der Waals surface area contributed by atoms with Crippen LogP contribution in [0.5, 0.6) is 0 Å². The molecule has 4 nitrogen and oxygen atoms in total. The predicted molar refractivity (Wildman–Crippen MR) is 79.9 cm³/mol. The van der Waals surface area contributed by atoms with Crippen LogP contribution < -0.4 is 0 Å². The second-order valence-corrected chi connectivity index (χ2v) is 7.39. The van der Waals surface area contributed by atoms with E-state index in [4.69, 9.17) is 0 Å². The smallest absolute Gasteiger partial charge is 0.222 e. The van der Waals surface area contributed by atoms with Crippen LogP contribution in [0.3, 0.4) is 0 Å². The zero-order chi connectivity index (χ0) is 14.2. The average molecular weight is 292 g/mol. The van der Waals surface area contributed by atoms with E-state index in [0.717, 1.165) is 44.6 Å². The standard InChI is InChI=1S/C15H20N2O2S/c1-16-8-4-10-17(11-5-9-16)15-12-13-6-2-3-7-14(13)20(15,18)19/h2-3,6-7,12H,4-5,8-11H2,1H3. The number of rotatable bonds is 1. The zero-order valence-electron chi connectivity index (χ0n) is 11.7. The first-order valence-corrected chi connectivity index (χ1v) is 8.57. The van der Waals surface area contributed by atoms with Gasteiger partial charge in [0.05, 0.1) is 4.90 Å². The van der Waals surface area contributed by atoms with Crippen molar-refractivity contribution < 1.29 is 8.42 Å². The molecule has 0 unspecified atom stereocenters. The van der Waals surface area contributed by atoms with Crippen LogP contribution >= 0.6 is 0 Å². The Morgan fingerprint density at radius 2 is 1.65 bits per heavy atom. The fraction of sp³-hybridized carbons (Fsp3) is 0.467. The Labute approximate surface area is 120 Å². The molecule has 2 aliphatic heterocycles. The highest BCUT2D eigenvalue weighted by molar-refractivity contribution is 7.95. The summed E-state index contributed by atoms with van der Waals surface area (Å²) in [6, 6.07) is 7.25. The fourth-order valence-corrected chi connectivity index (χ4v) is 4.66. The van der Waals surface area contributed by atoms with Crippen LogP contribution in [0.25, 0.3) is 6.08 Å². The van der Waals surface area contributed by atoms with Crippen molar-refractivity contribution in [2.24, 2.45) is 0 Å². The van der Waals surface area contributed by atoms with Gasteiger partial charge >= 0.3 is 0 Å². The van der Waals surface area contributed by atoms with Crippen LogP contribution in [-0.4, -0.2) is 51.4 Å². The summed E-state index contributed by atoms with van der Waals surface area (Å²) in [6.07, 6.45) is 3.83. The minimum atomic E-state index is -3.31. The van der Waals surface area contributed by atoms with Crippen molar-refractivity contribution in [2.45, 2.75) is 17.7 Å². The van der Waals surface area contributed by atoms with Gasteiger partial charge in [-0.25, -0.2) is 8.42 Å². The van der Waals surface area contributed by atoms with Gasteiger partial charge in [-0.3, -0.25) is 0 Å². The quantitative estimate of drug-likeness (QED) is 0.791. The number of nitrogens with zero attached hydrogens (tertiary/aromatic N) is 2. The molecule has 2 aliphatic rings. The lowest BCUT2D eigenvalue weighted by molar-refractivity contribution is 0.241. The summed E-state index contributed by atoms with van der Waals surface area (Å²) in [4.78, 5) is 4.81. The van der Waals surface area contributed by atoms with E-state index in [1.165, 1.54) is 0 Å². The molecule has 0 amide bonds. The lowest BCUT2D eigenvalue weighted by Crippen LogP contribution is -2.35. The van der Waals surface area contributed by atoms with E-state index in [9.17, 15) is 8.42 Å². The molecule has 0 bridgehead atoms. The first kappa shape index (κ1) is 13.6. The third-order valence-corrected chi connectivity index (χ3v) is 5.89. The molecule has 0 aliphatic carbocycles. The van der Waals surface area contributed by atoms with E-state index in [1.807, 2.05) is 23.1 Å². The van der Waals surface area contributed by atoms with E-state index >= 15 is 0 Å². The van der Waals surface area contributed by atoms with Gasteiger partial charge in [0.2, 0.25) is 9.84 Å². The van der Waals surface area contributed by atoms with E-state index in [-0.39, 0.29) is 0 Å². The fourth-order valence-electron chi connectivity index (χ4n) is 2.94. The molecule has 2 heterocycles. The molecule has 0 radical (unpaired) electrons. The van der Waals surface area contributed by atoms with Gasteiger partial charge in [0, 0.05) is 13.1 Å². The minimum Gasteiger partial charge on any atom is -0.362 e. The number of sulfone groups is 1. The molecule has 108 valence electrons.